The molecule has 1 atom stereocenters. The van der Waals surface area contributed by atoms with Crippen molar-refractivity contribution in [2.45, 2.75) is 56.7 Å². The molecule has 2 saturated carbocycles. The lowest BCUT2D eigenvalue weighted by Crippen LogP contribution is -2.47. The molecule has 4 nitrogen and oxygen atoms in total. The Hall–Kier alpha value is -1.62. The fourth-order valence-electron chi connectivity index (χ4n) is 3.41. The fourth-order valence-corrected chi connectivity index (χ4v) is 3.55. The van der Waals surface area contributed by atoms with Crippen LogP contribution in [0.25, 0.3) is 0 Å². The van der Waals surface area contributed by atoms with Gasteiger partial charge in [0.05, 0.1) is 0 Å². The molecule has 2 aliphatic rings. The summed E-state index contributed by atoms with van der Waals surface area (Å²) in [5.74, 6) is -0.977. The van der Waals surface area contributed by atoms with Gasteiger partial charge in [-0.05, 0) is 43.4 Å². The number of hydrogen-bond acceptors (Lipinski definition) is 2. The van der Waals surface area contributed by atoms with E-state index in [2.05, 4.69) is 5.32 Å². The highest BCUT2D eigenvalue weighted by Crippen LogP contribution is 2.35. The van der Waals surface area contributed by atoms with Crippen LogP contribution in [0.2, 0.25) is 0 Å². The smallest absolute Gasteiger partial charge is 0.247 e. The number of benzene rings is 1. The van der Waals surface area contributed by atoms with Crippen molar-refractivity contribution in [3.63, 3.8) is 0 Å². The lowest BCUT2D eigenvalue weighted by atomic mass is 10.0. The summed E-state index contributed by atoms with van der Waals surface area (Å²) in [4.78, 5) is 26.9. The van der Waals surface area contributed by atoms with E-state index in [1.807, 2.05) is 0 Å². The lowest BCUT2D eigenvalue weighted by Gasteiger charge is -2.32. The largest absolute Gasteiger partial charge is 0.351 e. The van der Waals surface area contributed by atoms with Gasteiger partial charge in [0, 0.05) is 12.1 Å². The second-order valence-electron chi connectivity index (χ2n) is 6.61. The summed E-state index contributed by atoms with van der Waals surface area (Å²) >= 11 is 5.77. The monoisotopic (exact) mass is 352 g/mol. The van der Waals surface area contributed by atoms with E-state index < -0.39 is 6.04 Å². The molecule has 6 heteroatoms. The van der Waals surface area contributed by atoms with Crippen LogP contribution in [0, 0.1) is 5.82 Å². The third-order valence-electron chi connectivity index (χ3n) is 4.76. The van der Waals surface area contributed by atoms with Crippen LogP contribution in [0.3, 0.4) is 0 Å². The van der Waals surface area contributed by atoms with Crippen LogP contribution in [0.1, 0.15) is 50.1 Å². The van der Waals surface area contributed by atoms with Crippen molar-refractivity contribution in [2.24, 2.45) is 0 Å². The van der Waals surface area contributed by atoms with E-state index in [0.717, 1.165) is 38.5 Å². The zero-order valence-electron chi connectivity index (χ0n) is 13.5. The maximum absolute atomic E-state index is 13.3. The molecule has 1 aromatic carbocycles. The first-order chi connectivity index (χ1) is 11.6. The van der Waals surface area contributed by atoms with Gasteiger partial charge in [0.25, 0.3) is 0 Å². The average molecular weight is 353 g/mol. The zero-order valence-corrected chi connectivity index (χ0v) is 14.3. The molecule has 1 N–H and O–H groups in total. The Kier molecular flexibility index (Phi) is 5.39. The molecule has 24 heavy (non-hydrogen) atoms. The van der Waals surface area contributed by atoms with Crippen molar-refractivity contribution in [2.75, 3.05) is 5.88 Å². The van der Waals surface area contributed by atoms with E-state index in [0.29, 0.717) is 5.56 Å². The summed E-state index contributed by atoms with van der Waals surface area (Å²) in [6.07, 6.45) is 5.90. The normalized spacial score (nSPS) is 19.1. The molecule has 1 aromatic rings. The maximum Gasteiger partial charge on any atom is 0.247 e. The molecule has 1 unspecified atom stereocenters. The van der Waals surface area contributed by atoms with E-state index in [9.17, 15) is 14.0 Å². The molecule has 2 aliphatic carbocycles. The molecule has 0 bridgehead atoms. The quantitative estimate of drug-likeness (QED) is 0.799. The Bertz CT molecular complexity index is 598. The van der Waals surface area contributed by atoms with E-state index >= 15 is 0 Å². The number of carbonyl (C=O) groups excluding carboxylic acids is 2. The van der Waals surface area contributed by atoms with Gasteiger partial charge in [0.1, 0.15) is 17.7 Å². The molecule has 0 heterocycles. The van der Waals surface area contributed by atoms with Crippen molar-refractivity contribution < 1.29 is 14.0 Å². The standard InChI is InChI=1S/C18H22ClFN2O2/c19-11-16(23)22(15-9-10-15)17(12-5-7-13(20)8-6-12)18(24)21-14-3-1-2-4-14/h5-8,14-15,17H,1-4,9-11H2,(H,21,24). The van der Waals surface area contributed by atoms with Crippen molar-refractivity contribution in [3.8, 4) is 0 Å². The second kappa shape index (κ2) is 7.51. The van der Waals surface area contributed by atoms with Gasteiger partial charge in [-0.1, -0.05) is 25.0 Å². The highest BCUT2D eigenvalue weighted by molar-refractivity contribution is 6.27. The van der Waals surface area contributed by atoms with E-state index in [1.54, 1.807) is 17.0 Å². The molecule has 0 aromatic heterocycles. The van der Waals surface area contributed by atoms with Crippen LogP contribution in [-0.2, 0) is 9.59 Å². The minimum atomic E-state index is -0.745. The van der Waals surface area contributed by atoms with Gasteiger partial charge in [-0.2, -0.15) is 0 Å². The summed E-state index contributed by atoms with van der Waals surface area (Å²) < 4.78 is 13.3. The van der Waals surface area contributed by atoms with Crippen LogP contribution in [0.5, 0.6) is 0 Å². The van der Waals surface area contributed by atoms with Gasteiger partial charge in [-0.3, -0.25) is 9.59 Å². The van der Waals surface area contributed by atoms with E-state index in [4.69, 9.17) is 11.6 Å². The van der Waals surface area contributed by atoms with Gasteiger partial charge < -0.3 is 10.2 Å². The Morgan fingerprint density at radius 2 is 1.79 bits per heavy atom. The number of alkyl halides is 1. The van der Waals surface area contributed by atoms with Crippen LogP contribution in [-0.4, -0.2) is 34.7 Å². The zero-order chi connectivity index (χ0) is 17.1. The van der Waals surface area contributed by atoms with Gasteiger partial charge in [0.2, 0.25) is 11.8 Å². The van der Waals surface area contributed by atoms with Gasteiger partial charge in [-0.15, -0.1) is 11.6 Å². The molecular weight excluding hydrogens is 331 g/mol. The van der Waals surface area contributed by atoms with Crippen molar-refractivity contribution >= 4 is 23.4 Å². The molecule has 0 saturated heterocycles. The number of hydrogen-bond donors (Lipinski definition) is 1. The van der Waals surface area contributed by atoms with E-state index in [1.165, 1.54) is 12.1 Å². The first-order valence-corrected chi connectivity index (χ1v) is 9.06. The molecule has 3 rings (SSSR count). The minimum Gasteiger partial charge on any atom is -0.351 e. The molecule has 0 spiro atoms. The summed E-state index contributed by atoms with van der Waals surface area (Å²) in [5.41, 5.74) is 0.622. The summed E-state index contributed by atoms with van der Waals surface area (Å²) in [5, 5.41) is 3.06. The first-order valence-electron chi connectivity index (χ1n) is 8.53. The van der Waals surface area contributed by atoms with Crippen molar-refractivity contribution in [1.29, 1.82) is 0 Å². The van der Waals surface area contributed by atoms with Crippen LogP contribution in [0.15, 0.2) is 24.3 Å². The Labute approximate surface area is 146 Å². The predicted octanol–water partition coefficient (Wildman–Crippen LogP) is 3.16. The average Bonchev–Trinajstić information content (AvgIpc) is 3.29. The highest BCUT2D eigenvalue weighted by atomic mass is 35.5. The molecule has 2 amide bonds. The maximum atomic E-state index is 13.3. The third-order valence-corrected chi connectivity index (χ3v) is 4.99. The predicted molar refractivity (Wildman–Crippen MR) is 90.1 cm³/mol. The second-order valence-corrected chi connectivity index (χ2v) is 6.88. The number of amides is 2. The van der Waals surface area contributed by atoms with Gasteiger partial charge in [0.15, 0.2) is 0 Å². The Morgan fingerprint density at radius 1 is 1.17 bits per heavy atom. The number of nitrogens with one attached hydrogen (secondary N) is 1. The van der Waals surface area contributed by atoms with Crippen LogP contribution in [0.4, 0.5) is 4.39 Å². The summed E-state index contributed by atoms with van der Waals surface area (Å²) in [7, 11) is 0. The number of halogens is 2. The SMILES string of the molecule is O=C(NC1CCCC1)C(c1ccc(F)cc1)N(C(=O)CCl)C1CC1. The molecule has 2 fully saturated rings. The number of rotatable bonds is 6. The van der Waals surface area contributed by atoms with Gasteiger partial charge >= 0.3 is 0 Å². The molecule has 0 aliphatic heterocycles. The minimum absolute atomic E-state index is 0.0423. The molecule has 130 valence electrons. The van der Waals surface area contributed by atoms with Crippen molar-refractivity contribution in [3.05, 3.63) is 35.6 Å². The van der Waals surface area contributed by atoms with Crippen LogP contribution >= 0.6 is 11.6 Å². The lowest BCUT2D eigenvalue weighted by molar-refractivity contribution is -0.140. The molecule has 0 radical (unpaired) electrons. The summed E-state index contributed by atoms with van der Waals surface area (Å²) in [6.45, 7) is 0. The fraction of sp³-hybridized carbons (Fsp3) is 0.556. The first kappa shape index (κ1) is 17.2. The topological polar surface area (TPSA) is 49.4 Å². The van der Waals surface area contributed by atoms with Crippen LogP contribution < -0.4 is 5.32 Å². The van der Waals surface area contributed by atoms with E-state index in [-0.39, 0.29) is 35.6 Å². The summed E-state index contributed by atoms with van der Waals surface area (Å²) in [6, 6.07) is 5.25. The number of nitrogens with zero attached hydrogens (tertiary/aromatic N) is 1. The Morgan fingerprint density at radius 3 is 2.33 bits per heavy atom. The molecular formula is C18H22ClFN2O2. The number of carbonyl (C=O) groups is 2. The van der Waals surface area contributed by atoms with Crippen molar-refractivity contribution in [1.82, 2.24) is 10.2 Å². The Balaban J connectivity index is 1.88. The van der Waals surface area contributed by atoms with Gasteiger partial charge in [-0.25, -0.2) is 4.39 Å². The third kappa shape index (κ3) is 3.89. The highest BCUT2D eigenvalue weighted by Gasteiger charge is 2.41.